The van der Waals surface area contributed by atoms with Gasteiger partial charge in [-0.05, 0) is 42.0 Å². The molecule has 0 unspecified atom stereocenters. The van der Waals surface area contributed by atoms with Gasteiger partial charge >= 0.3 is 0 Å². The number of halogens is 4. The zero-order valence-electron chi connectivity index (χ0n) is 18.2. The Morgan fingerprint density at radius 1 is 0.971 bits per heavy atom. The molecule has 0 aliphatic carbocycles. The van der Waals surface area contributed by atoms with Gasteiger partial charge in [0.15, 0.2) is 0 Å². The van der Waals surface area contributed by atoms with Crippen LogP contribution < -0.4 is 4.90 Å². The SMILES string of the molecule is CN(C(=O)[C@H](Cc1cc(F)cc(F)c1)N1C(=O)c2ccccc2C1=O)c1ccc(C(F)F)nc1.S. The van der Waals surface area contributed by atoms with Crippen molar-refractivity contribution < 1.29 is 31.9 Å². The third kappa shape index (κ3) is 5.04. The molecule has 11 heteroatoms. The molecule has 0 saturated carbocycles. The number of amides is 3. The predicted octanol–water partition coefficient (Wildman–Crippen LogP) is 4.28. The summed E-state index contributed by atoms with van der Waals surface area (Å²) in [5.74, 6) is -4.00. The molecule has 0 radical (unpaired) electrons. The maximum absolute atomic E-state index is 13.8. The number of anilines is 1. The quantitative estimate of drug-likeness (QED) is 0.371. The van der Waals surface area contributed by atoms with Gasteiger partial charge in [0, 0.05) is 19.5 Å². The number of benzene rings is 2. The maximum Gasteiger partial charge on any atom is 0.280 e. The smallest absolute Gasteiger partial charge is 0.280 e. The summed E-state index contributed by atoms with van der Waals surface area (Å²) >= 11 is 0. The van der Waals surface area contributed by atoms with E-state index in [1.807, 2.05) is 0 Å². The maximum atomic E-state index is 13.8. The Hall–Kier alpha value is -3.73. The summed E-state index contributed by atoms with van der Waals surface area (Å²) in [4.78, 5) is 45.0. The molecule has 0 spiro atoms. The summed E-state index contributed by atoms with van der Waals surface area (Å²) in [6.07, 6.45) is -2.11. The molecule has 6 nitrogen and oxygen atoms in total. The van der Waals surface area contributed by atoms with E-state index in [2.05, 4.69) is 4.98 Å². The number of hydrogen-bond donors (Lipinski definition) is 0. The highest BCUT2D eigenvalue weighted by Crippen LogP contribution is 2.28. The fourth-order valence-corrected chi connectivity index (χ4v) is 3.81. The number of carbonyl (C=O) groups excluding carboxylic acids is 3. The first kappa shape index (κ1) is 25.9. The minimum absolute atomic E-state index is 0. The minimum Gasteiger partial charge on any atom is -0.312 e. The van der Waals surface area contributed by atoms with Crippen LogP contribution >= 0.6 is 13.5 Å². The number of nitrogens with zero attached hydrogens (tertiary/aromatic N) is 3. The van der Waals surface area contributed by atoms with Crippen LogP contribution in [0.1, 0.15) is 38.4 Å². The molecule has 0 bridgehead atoms. The molecule has 0 fully saturated rings. The standard InChI is InChI=1S/C24H17F4N3O3.H2S/c1-30(16-6-7-19(21(27)28)29-12-16)24(34)20(10-13-8-14(25)11-15(26)9-13)31-22(32)17-4-2-3-5-18(17)23(31)33;/h2-9,11-12,20-21H,10H2,1H3;1H2/t20-;/m0./s1. The van der Waals surface area contributed by atoms with Gasteiger partial charge in [-0.1, -0.05) is 12.1 Å². The molecule has 1 aliphatic rings. The van der Waals surface area contributed by atoms with Gasteiger partial charge in [-0.3, -0.25) is 24.3 Å². The number of alkyl halides is 2. The van der Waals surface area contributed by atoms with E-state index in [0.717, 1.165) is 34.2 Å². The molecule has 3 amide bonds. The molecule has 4 rings (SSSR count). The molecule has 1 atom stereocenters. The van der Waals surface area contributed by atoms with E-state index < -0.39 is 47.5 Å². The van der Waals surface area contributed by atoms with Crippen molar-refractivity contribution in [2.24, 2.45) is 0 Å². The summed E-state index contributed by atoms with van der Waals surface area (Å²) in [6.45, 7) is 0. The van der Waals surface area contributed by atoms with Gasteiger partial charge in [-0.15, -0.1) is 0 Å². The average Bonchev–Trinajstić information content (AvgIpc) is 3.06. The lowest BCUT2D eigenvalue weighted by molar-refractivity contribution is -0.122. The largest absolute Gasteiger partial charge is 0.312 e. The Bertz CT molecular complexity index is 1230. The Kier molecular flexibility index (Phi) is 7.59. The Labute approximate surface area is 204 Å². The van der Waals surface area contributed by atoms with Gasteiger partial charge in [0.2, 0.25) is 5.91 Å². The highest BCUT2D eigenvalue weighted by molar-refractivity contribution is 7.59. The normalized spacial score (nSPS) is 13.5. The van der Waals surface area contributed by atoms with Crippen LogP contribution in [0.5, 0.6) is 0 Å². The van der Waals surface area contributed by atoms with Crippen LogP contribution in [0.3, 0.4) is 0 Å². The number of carbonyl (C=O) groups is 3. The second-order valence-corrected chi connectivity index (χ2v) is 7.66. The van der Waals surface area contributed by atoms with Crippen molar-refractivity contribution in [2.75, 3.05) is 11.9 Å². The molecular formula is C24H19F4N3O3S. The summed E-state index contributed by atoms with van der Waals surface area (Å²) in [5, 5.41) is 0. The van der Waals surface area contributed by atoms with E-state index in [1.54, 1.807) is 12.1 Å². The van der Waals surface area contributed by atoms with Crippen molar-refractivity contribution in [2.45, 2.75) is 18.9 Å². The average molecular weight is 505 g/mol. The van der Waals surface area contributed by atoms with Crippen LogP contribution in [-0.4, -0.2) is 40.7 Å². The first-order valence-corrected chi connectivity index (χ1v) is 10.1. The predicted molar refractivity (Wildman–Crippen MR) is 124 cm³/mol. The summed E-state index contributed by atoms with van der Waals surface area (Å²) in [5.41, 5.74) is -0.118. The van der Waals surface area contributed by atoms with Gasteiger partial charge < -0.3 is 4.90 Å². The second-order valence-electron chi connectivity index (χ2n) is 7.66. The van der Waals surface area contributed by atoms with Crippen molar-refractivity contribution in [3.63, 3.8) is 0 Å². The molecule has 182 valence electrons. The third-order valence-electron chi connectivity index (χ3n) is 5.49. The van der Waals surface area contributed by atoms with E-state index in [1.165, 1.54) is 25.2 Å². The first-order chi connectivity index (χ1) is 16.2. The van der Waals surface area contributed by atoms with Crippen molar-refractivity contribution in [1.29, 1.82) is 0 Å². The number of pyridine rings is 1. The molecule has 3 aromatic rings. The number of rotatable bonds is 6. The zero-order chi connectivity index (χ0) is 24.6. The molecule has 2 heterocycles. The summed E-state index contributed by atoms with van der Waals surface area (Å²) in [7, 11) is 1.32. The summed E-state index contributed by atoms with van der Waals surface area (Å²) < 4.78 is 53.3. The van der Waals surface area contributed by atoms with Crippen LogP contribution in [0.15, 0.2) is 60.8 Å². The monoisotopic (exact) mass is 505 g/mol. The Balaban J connectivity index is 0.00000342. The van der Waals surface area contributed by atoms with Gasteiger partial charge in [-0.25, -0.2) is 17.6 Å². The van der Waals surface area contributed by atoms with Crippen LogP contribution in [0.2, 0.25) is 0 Å². The number of aromatic nitrogens is 1. The number of fused-ring (bicyclic) bond motifs is 1. The molecule has 0 saturated heterocycles. The van der Waals surface area contributed by atoms with Crippen molar-refractivity contribution in [3.8, 4) is 0 Å². The van der Waals surface area contributed by atoms with Crippen molar-refractivity contribution in [3.05, 3.63) is 94.8 Å². The first-order valence-electron chi connectivity index (χ1n) is 10.1. The van der Waals surface area contributed by atoms with Gasteiger partial charge in [0.05, 0.1) is 23.0 Å². The Morgan fingerprint density at radius 2 is 1.54 bits per heavy atom. The van der Waals surface area contributed by atoms with Crippen LogP contribution in [-0.2, 0) is 11.2 Å². The molecular weight excluding hydrogens is 486 g/mol. The van der Waals surface area contributed by atoms with Crippen LogP contribution in [0, 0.1) is 11.6 Å². The van der Waals surface area contributed by atoms with E-state index >= 15 is 0 Å². The lowest BCUT2D eigenvalue weighted by atomic mass is 10.0. The third-order valence-corrected chi connectivity index (χ3v) is 5.49. The summed E-state index contributed by atoms with van der Waals surface area (Å²) in [6, 6.07) is 9.49. The van der Waals surface area contributed by atoms with Gasteiger partial charge in [0.25, 0.3) is 18.2 Å². The van der Waals surface area contributed by atoms with Gasteiger partial charge in [0.1, 0.15) is 23.4 Å². The number of likely N-dealkylation sites (N-methyl/N-ethyl adjacent to an activating group) is 1. The minimum atomic E-state index is -2.80. The van der Waals surface area contributed by atoms with E-state index in [-0.39, 0.29) is 42.3 Å². The fourth-order valence-electron chi connectivity index (χ4n) is 3.81. The lowest BCUT2D eigenvalue weighted by Gasteiger charge is -2.29. The van der Waals surface area contributed by atoms with Gasteiger partial charge in [-0.2, -0.15) is 13.5 Å². The molecule has 35 heavy (non-hydrogen) atoms. The second kappa shape index (κ2) is 10.3. The van der Waals surface area contributed by atoms with E-state index in [9.17, 15) is 31.9 Å². The molecule has 1 aliphatic heterocycles. The fraction of sp³-hybridized carbons (Fsp3) is 0.167. The Morgan fingerprint density at radius 3 is 2.03 bits per heavy atom. The highest BCUT2D eigenvalue weighted by Gasteiger charge is 2.43. The number of hydrogen-bond acceptors (Lipinski definition) is 4. The molecule has 2 aromatic carbocycles. The zero-order valence-corrected chi connectivity index (χ0v) is 19.2. The highest BCUT2D eigenvalue weighted by atomic mass is 32.1. The van der Waals surface area contributed by atoms with E-state index in [4.69, 9.17) is 0 Å². The number of imide groups is 1. The van der Waals surface area contributed by atoms with Crippen LogP contribution in [0.4, 0.5) is 23.2 Å². The lowest BCUT2D eigenvalue weighted by Crippen LogP contribution is -2.51. The molecule has 1 aromatic heterocycles. The van der Waals surface area contributed by atoms with Crippen molar-refractivity contribution in [1.82, 2.24) is 9.88 Å². The van der Waals surface area contributed by atoms with Crippen molar-refractivity contribution >= 4 is 36.9 Å². The van der Waals surface area contributed by atoms with E-state index in [0.29, 0.717) is 6.07 Å². The van der Waals surface area contributed by atoms with Crippen LogP contribution in [0.25, 0.3) is 0 Å². The topological polar surface area (TPSA) is 70.6 Å². The molecule has 0 N–H and O–H groups in total.